The third-order valence-electron chi connectivity index (χ3n) is 5.00. The van der Waals surface area contributed by atoms with Gasteiger partial charge in [-0.2, -0.15) is 5.10 Å². The van der Waals surface area contributed by atoms with Crippen molar-refractivity contribution in [3.05, 3.63) is 29.3 Å². The number of aryl methyl sites for hydroxylation is 1. The molecule has 0 fully saturated rings. The molecule has 2 aromatic rings. The Hall–Kier alpha value is -3.01. The van der Waals surface area contributed by atoms with Gasteiger partial charge in [0.05, 0.1) is 34.4 Å². The van der Waals surface area contributed by atoms with Crippen LogP contribution in [-0.4, -0.2) is 61.7 Å². The van der Waals surface area contributed by atoms with E-state index in [-0.39, 0.29) is 6.04 Å². The number of ether oxygens (including phenoxy) is 4. The number of guanidine groups is 1. The van der Waals surface area contributed by atoms with Crippen LogP contribution in [0.25, 0.3) is 0 Å². The first-order valence-corrected chi connectivity index (χ1v) is 10.4. The Morgan fingerprint density at radius 2 is 1.90 bits per heavy atom. The molecule has 10 heteroatoms. The summed E-state index contributed by atoms with van der Waals surface area (Å²) in [6, 6.07) is 4.03. The van der Waals surface area contributed by atoms with Gasteiger partial charge in [-0.25, -0.2) is 14.7 Å². The van der Waals surface area contributed by atoms with Crippen LogP contribution in [-0.2, 0) is 30.9 Å². The van der Waals surface area contributed by atoms with Gasteiger partial charge in [-0.05, 0) is 31.0 Å². The molecule has 0 spiro atoms. The summed E-state index contributed by atoms with van der Waals surface area (Å²) in [5.41, 5.74) is 0.957. The molecule has 1 aliphatic rings. The normalized spacial score (nSPS) is 15.9. The standard InChI is InChI=1S/C21H32N6O4/c1-6-22-21(23-11-14-9-16(29-3)20(31-5)17(10-14)30-4)24-15-7-8-19-25-18(13-28-2)26-27(19)12-15/h9-10,15H,6-8,11-13H2,1-5H3,(H2,22,23,24). The molecule has 2 N–H and O–H groups in total. The van der Waals surface area contributed by atoms with E-state index in [1.54, 1.807) is 28.4 Å². The second-order valence-electron chi connectivity index (χ2n) is 7.17. The van der Waals surface area contributed by atoms with E-state index in [0.717, 1.165) is 49.1 Å². The van der Waals surface area contributed by atoms with Crippen molar-refractivity contribution in [2.24, 2.45) is 4.99 Å². The molecule has 0 radical (unpaired) electrons. The molecule has 0 aliphatic carbocycles. The summed E-state index contributed by atoms with van der Waals surface area (Å²) in [7, 11) is 6.46. The second kappa shape index (κ2) is 10.9. The number of nitrogens with zero attached hydrogens (tertiary/aromatic N) is 4. The van der Waals surface area contributed by atoms with Gasteiger partial charge in [0.15, 0.2) is 23.3 Å². The number of rotatable bonds is 9. The molecular formula is C21H32N6O4. The number of benzene rings is 1. The first-order valence-electron chi connectivity index (χ1n) is 10.4. The minimum atomic E-state index is 0.210. The van der Waals surface area contributed by atoms with Crippen molar-refractivity contribution in [3.8, 4) is 17.2 Å². The molecule has 0 amide bonds. The van der Waals surface area contributed by atoms with Crippen molar-refractivity contribution in [1.29, 1.82) is 0 Å². The highest BCUT2D eigenvalue weighted by molar-refractivity contribution is 5.80. The van der Waals surface area contributed by atoms with Crippen molar-refractivity contribution >= 4 is 5.96 Å². The van der Waals surface area contributed by atoms with Gasteiger partial charge in [-0.3, -0.25) is 0 Å². The highest BCUT2D eigenvalue weighted by atomic mass is 16.5. The molecule has 3 rings (SSSR count). The Kier molecular flexibility index (Phi) is 7.94. The fourth-order valence-electron chi connectivity index (χ4n) is 3.58. The minimum Gasteiger partial charge on any atom is -0.493 e. The fourth-order valence-corrected chi connectivity index (χ4v) is 3.58. The highest BCUT2D eigenvalue weighted by Crippen LogP contribution is 2.38. The van der Waals surface area contributed by atoms with Gasteiger partial charge in [-0.1, -0.05) is 0 Å². The van der Waals surface area contributed by atoms with Crippen molar-refractivity contribution in [3.63, 3.8) is 0 Å². The smallest absolute Gasteiger partial charge is 0.203 e. The summed E-state index contributed by atoms with van der Waals surface area (Å²) in [5.74, 6) is 4.28. The molecule has 1 aromatic carbocycles. The van der Waals surface area contributed by atoms with Crippen LogP contribution >= 0.6 is 0 Å². The molecule has 0 saturated heterocycles. The van der Waals surface area contributed by atoms with Gasteiger partial charge < -0.3 is 29.6 Å². The number of nitrogens with one attached hydrogen (secondary N) is 2. The molecule has 0 saturated carbocycles. The minimum absolute atomic E-state index is 0.210. The molecule has 1 aliphatic heterocycles. The third-order valence-corrected chi connectivity index (χ3v) is 5.00. The van der Waals surface area contributed by atoms with Gasteiger partial charge in [0.2, 0.25) is 5.75 Å². The van der Waals surface area contributed by atoms with Gasteiger partial charge in [0, 0.05) is 26.1 Å². The zero-order valence-corrected chi connectivity index (χ0v) is 18.9. The van der Waals surface area contributed by atoms with E-state index in [0.29, 0.717) is 30.4 Å². The zero-order valence-electron chi connectivity index (χ0n) is 18.9. The van der Waals surface area contributed by atoms with Crippen LogP contribution in [0.5, 0.6) is 17.2 Å². The summed E-state index contributed by atoms with van der Waals surface area (Å²) in [5, 5.41) is 11.4. The molecule has 1 unspecified atom stereocenters. The summed E-state index contributed by atoms with van der Waals surface area (Å²) >= 11 is 0. The van der Waals surface area contributed by atoms with Crippen molar-refractivity contribution in [1.82, 2.24) is 25.4 Å². The molecule has 1 atom stereocenters. The topological polar surface area (TPSA) is 104 Å². The average Bonchev–Trinajstić information content (AvgIpc) is 3.18. The number of hydrogen-bond donors (Lipinski definition) is 2. The number of aliphatic imine (C=N–C) groups is 1. The highest BCUT2D eigenvalue weighted by Gasteiger charge is 2.22. The number of hydrogen-bond acceptors (Lipinski definition) is 7. The molecular weight excluding hydrogens is 400 g/mol. The SMILES string of the molecule is CCNC(=NCc1cc(OC)c(OC)c(OC)c1)NC1CCc2nc(COC)nn2C1. The summed E-state index contributed by atoms with van der Waals surface area (Å²) in [6.07, 6.45) is 1.82. The van der Waals surface area contributed by atoms with E-state index in [4.69, 9.17) is 23.9 Å². The van der Waals surface area contributed by atoms with Crippen molar-refractivity contribution < 1.29 is 18.9 Å². The number of fused-ring (bicyclic) bond motifs is 1. The predicted octanol–water partition coefficient (Wildman–Crippen LogP) is 1.52. The average molecular weight is 433 g/mol. The Labute approximate surface area is 183 Å². The van der Waals surface area contributed by atoms with Crippen LogP contribution in [0, 0.1) is 0 Å². The van der Waals surface area contributed by atoms with Crippen LogP contribution in [0.4, 0.5) is 0 Å². The predicted molar refractivity (Wildman–Crippen MR) is 117 cm³/mol. The van der Waals surface area contributed by atoms with Crippen molar-refractivity contribution in [2.75, 3.05) is 35.0 Å². The van der Waals surface area contributed by atoms with Crippen molar-refractivity contribution in [2.45, 2.75) is 45.5 Å². The summed E-state index contributed by atoms with van der Waals surface area (Å²) in [4.78, 5) is 9.28. The van der Waals surface area contributed by atoms with E-state index in [9.17, 15) is 0 Å². The van der Waals surface area contributed by atoms with Gasteiger partial charge in [0.1, 0.15) is 12.4 Å². The monoisotopic (exact) mass is 432 g/mol. The fraction of sp³-hybridized carbons (Fsp3) is 0.571. The van der Waals surface area contributed by atoms with Crippen LogP contribution < -0.4 is 24.8 Å². The zero-order chi connectivity index (χ0) is 22.2. The lowest BCUT2D eigenvalue weighted by atomic mass is 10.1. The van der Waals surface area contributed by atoms with Gasteiger partial charge in [-0.15, -0.1) is 0 Å². The Morgan fingerprint density at radius 1 is 1.16 bits per heavy atom. The lowest BCUT2D eigenvalue weighted by Gasteiger charge is -2.25. The lowest BCUT2D eigenvalue weighted by molar-refractivity contribution is 0.177. The summed E-state index contributed by atoms with van der Waals surface area (Å²) < 4.78 is 23.4. The van der Waals surface area contributed by atoms with E-state index < -0.39 is 0 Å². The quantitative estimate of drug-likeness (QED) is 0.454. The third kappa shape index (κ3) is 5.57. The van der Waals surface area contributed by atoms with E-state index in [1.165, 1.54) is 0 Å². The second-order valence-corrected chi connectivity index (χ2v) is 7.17. The maximum Gasteiger partial charge on any atom is 0.203 e. The lowest BCUT2D eigenvalue weighted by Crippen LogP contribution is -2.47. The van der Waals surface area contributed by atoms with Gasteiger partial charge >= 0.3 is 0 Å². The van der Waals surface area contributed by atoms with E-state index >= 15 is 0 Å². The Morgan fingerprint density at radius 3 is 2.52 bits per heavy atom. The number of methoxy groups -OCH3 is 4. The molecule has 10 nitrogen and oxygen atoms in total. The maximum atomic E-state index is 5.44. The number of aromatic nitrogens is 3. The maximum absolute atomic E-state index is 5.44. The van der Waals surface area contributed by atoms with E-state index in [1.807, 2.05) is 23.7 Å². The van der Waals surface area contributed by atoms with E-state index in [2.05, 4.69) is 20.7 Å². The molecule has 1 aromatic heterocycles. The molecule has 170 valence electrons. The summed E-state index contributed by atoms with van der Waals surface area (Å²) in [6.45, 7) is 4.44. The van der Waals surface area contributed by atoms with Crippen LogP contribution in [0.1, 0.15) is 30.6 Å². The largest absolute Gasteiger partial charge is 0.493 e. The Bertz CT molecular complexity index is 873. The molecule has 2 heterocycles. The molecule has 0 bridgehead atoms. The van der Waals surface area contributed by atoms with Crippen LogP contribution in [0.3, 0.4) is 0 Å². The first kappa shape index (κ1) is 22.7. The van der Waals surface area contributed by atoms with Gasteiger partial charge in [0.25, 0.3) is 0 Å². The first-order chi connectivity index (χ1) is 15.1. The van der Waals surface area contributed by atoms with Crippen LogP contribution in [0.15, 0.2) is 17.1 Å². The molecule has 31 heavy (non-hydrogen) atoms. The Balaban J connectivity index is 1.70. The van der Waals surface area contributed by atoms with Crippen LogP contribution in [0.2, 0.25) is 0 Å².